The fourth-order valence-corrected chi connectivity index (χ4v) is 0. The van der Waals surface area contributed by atoms with Gasteiger partial charge in [0.1, 0.15) is 0 Å². The standard InChI is InChI=1S/34K/q34*+1. The molecule has 34 heteroatoms. The Balaban J connectivity index is 0. The Labute approximate surface area is 1660 Å². The predicted octanol–water partition coefficient (Wildman–Crippen LogP) is -102. The van der Waals surface area contributed by atoms with Crippen molar-refractivity contribution in [3.8, 4) is 0 Å². The van der Waals surface area contributed by atoms with Crippen LogP contribution in [0.1, 0.15) is 0 Å². The van der Waals surface area contributed by atoms with E-state index in [2.05, 4.69) is 0 Å². The second-order valence-corrected chi connectivity index (χ2v) is 0. The Morgan fingerprint density at radius 3 is 0.0294 bits per heavy atom. The zero-order valence-electron chi connectivity index (χ0n) is 34.0. The molecule has 0 aliphatic heterocycles. The van der Waals surface area contributed by atoms with Crippen LogP contribution >= 0.6 is 0 Å². The molecule has 0 aromatic heterocycles. The summed E-state index contributed by atoms with van der Waals surface area (Å²) in [6.45, 7) is 0. The minimum atomic E-state index is 0. The van der Waals surface area contributed by atoms with Crippen molar-refractivity contribution in [3.05, 3.63) is 0 Å². The molecule has 0 rings (SSSR count). The van der Waals surface area contributed by atoms with Crippen molar-refractivity contribution in [2.75, 3.05) is 0 Å². The summed E-state index contributed by atoms with van der Waals surface area (Å²) in [6, 6.07) is 0. The van der Waals surface area contributed by atoms with E-state index in [0.29, 0.717) is 0 Å². The molecule has 0 aromatic carbocycles. The molecule has 0 aromatic rings. The Morgan fingerprint density at radius 1 is 0.0294 bits per heavy atom. The minimum absolute atomic E-state index is 0. The van der Waals surface area contributed by atoms with Gasteiger partial charge in [-0.1, -0.05) is 0 Å². The van der Waals surface area contributed by atoms with Crippen molar-refractivity contribution in [2.24, 2.45) is 0 Å². The molecule has 0 N–H and O–H groups in total. The molecule has 0 aliphatic rings. The molecular weight excluding hydrogens is 1330 g/mol. The van der Waals surface area contributed by atoms with E-state index in [1.807, 2.05) is 0 Å². The van der Waals surface area contributed by atoms with Crippen LogP contribution in [0.25, 0.3) is 0 Å². The van der Waals surface area contributed by atoms with Crippen LogP contribution in [0.5, 0.6) is 0 Å². The molecule has 0 atom stereocenters. The molecule has 0 fully saturated rings. The van der Waals surface area contributed by atoms with Gasteiger partial charge in [-0.25, -0.2) is 0 Å². The van der Waals surface area contributed by atoms with Gasteiger partial charge in [-0.15, -0.1) is 0 Å². The summed E-state index contributed by atoms with van der Waals surface area (Å²) >= 11 is 0. The van der Waals surface area contributed by atoms with Crippen molar-refractivity contribution >= 4 is 0 Å². The monoisotopic (exact) mass is 1320 g/mol. The van der Waals surface area contributed by atoms with E-state index in [0.717, 1.165) is 0 Å². The van der Waals surface area contributed by atoms with Gasteiger partial charge in [0.05, 0.1) is 0 Å². The largest absolute Gasteiger partial charge is 1.00 e. The number of rotatable bonds is 0. The van der Waals surface area contributed by atoms with Gasteiger partial charge in [0.2, 0.25) is 0 Å². The van der Waals surface area contributed by atoms with Gasteiger partial charge in [-0.05, 0) is 0 Å². The van der Waals surface area contributed by atoms with Gasteiger partial charge in [0.15, 0.2) is 0 Å². The first-order chi connectivity index (χ1) is 0. The molecule has 0 saturated carbocycles. The van der Waals surface area contributed by atoms with Gasteiger partial charge >= 0.3 is 1750 Å². The van der Waals surface area contributed by atoms with Crippen molar-refractivity contribution in [1.29, 1.82) is 0 Å². The van der Waals surface area contributed by atoms with Crippen molar-refractivity contribution in [1.82, 2.24) is 0 Å². The Morgan fingerprint density at radius 2 is 0.0294 bits per heavy atom. The smallest absolute Gasteiger partial charge is 1.00 e. The van der Waals surface area contributed by atoms with Gasteiger partial charge in [0, 0.05) is 0 Å². The van der Waals surface area contributed by atoms with Gasteiger partial charge < -0.3 is 0 Å². The minimum Gasteiger partial charge on any atom is 1.00 e. The second kappa shape index (κ2) is 220. The average Bonchev–Trinajstić information content (AvgIpc) is 0. The van der Waals surface area contributed by atoms with Crippen LogP contribution < -0.4 is 1750 Å². The third-order valence-electron chi connectivity index (χ3n) is 0. The summed E-state index contributed by atoms with van der Waals surface area (Å²) in [5.74, 6) is 0. The van der Waals surface area contributed by atoms with Crippen molar-refractivity contribution in [3.63, 3.8) is 0 Å². The Bertz CT molecular complexity index is 0. The molecule has 0 valence electrons. The molecule has 0 nitrogen and oxygen atoms in total. The van der Waals surface area contributed by atoms with E-state index >= 15 is 0 Å². The SMILES string of the molecule is [K+].[K+].[K+].[K+].[K+].[K+].[K+].[K+].[K+].[K+].[K+].[K+].[K+].[K+].[K+].[K+].[K+].[K+].[K+].[K+].[K+].[K+].[K+].[K+].[K+].[K+].[K+].[K+].[K+].[K+].[K+].[K+].[K+].[K+]. The first-order valence-corrected chi connectivity index (χ1v) is 0. The van der Waals surface area contributed by atoms with Crippen LogP contribution in [0.2, 0.25) is 0 Å². The zero-order valence-corrected chi connectivity index (χ0v) is 140. The van der Waals surface area contributed by atoms with E-state index in [-0.39, 0.29) is 1750 Å². The van der Waals surface area contributed by atoms with Crippen molar-refractivity contribution in [2.45, 2.75) is 0 Å². The van der Waals surface area contributed by atoms with Gasteiger partial charge in [-0.2, -0.15) is 0 Å². The maximum Gasteiger partial charge on any atom is 1.00 e. The van der Waals surface area contributed by atoms with Crippen LogP contribution in [-0.4, -0.2) is 0 Å². The molecule has 34 heavy (non-hydrogen) atoms. The molecule has 0 bridgehead atoms. The predicted molar refractivity (Wildman–Crippen MR) is 0 cm³/mol. The Kier molecular flexibility index (Phi) is 1470. The average molecular weight is 1330 g/mol. The van der Waals surface area contributed by atoms with E-state index in [9.17, 15) is 0 Å². The summed E-state index contributed by atoms with van der Waals surface area (Å²) in [5, 5.41) is 0. The normalized spacial score (nSPS) is 0. The molecule has 0 unspecified atom stereocenters. The molecule has 0 heterocycles. The molecule has 0 saturated heterocycles. The van der Waals surface area contributed by atoms with E-state index < -0.39 is 0 Å². The summed E-state index contributed by atoms with van der Waals surface area (Å²) < 4.78 is 0. The summed E-state index contributed by atoms with van der Waals surface area (Å²) in [7, 11) is 0. The maximum atomic E-state index is 0. The first-order valence-electron chi connectivity index (χ1n) is 0. The summed E-state index contributed by atoms with van der Waals surface area (Å²) in [4.78, 5) is 0. The van der Waals surface area contributed by atoms with Gasteiger partial charge in [0.25, 0.3) is 0 Å². The third kappa shape index (κ3) is 213. The van der Waals surface area contributed by atoms with Crippen LogP contribution in [0.3, 0.4) is 0 Å². The Hall–Kier alpha value is 55.6. The summed E-state index contributed by atoms with van der Waals surface area (Å²) in [5.41, 5.74) is 0. The van der Waals surface area contributed by atoms with Crippen LogP contribution in [-0.2, 0) is 0 Å². The molecule has 0 radical (unpaired) electrons. The topological polar surface area (TPSA) is 0 Å². The third-order valence-corrected chi connectivity index (χ3v) is 0. The van der Waals surface area contributed by atoms with Crippen LogP contribution in [0.4, 0.5) is 0 Å². The zero-order chi connectivity index (χ0) is 0. The molecule has 0 aliphatic carbocycles. The van der Waals surface area contributed by atoms with Crippen LogP contribution in [0, 0.1) is 0 Å². The fourth-order valence-electron chi connectivity index (χ4n) is 0. The van der Waals surface area contributed by atoms with E-state index in [4.69, 9.17) is 0 Å². The van der Waals surface area contributed by atoms with E-state index in [1.165, 1.54) is 0 Å². The number of hydrogen-bond acceptors (Lipinski definition) is 0. The van der Waals surface area contributed by atoms with Crippen molar-refractivity contribution < 1.29 is 1750 Å². The quantitative estimate of drug-likeness (QED) is 0.212. The second-order valence-electron chi connectivity index (χ2n) is 0. The maximum absolute atomic E-state index is 0. The molecule has 0 spiro atoms. The molecular formula is K34+34. The first kappa shape index (κ1) is 228. The fraction of sp³-hybridized carbons (Fsp3) is 0. The van der Waals surface area contributed by atoms with Crippen LogP contribution in [0.15, 0.2) is 0 Å². The molecule has 0 amide bonds. The van der Waals surface area contributed by atoms with E-state index in [1.54, 1.807) is 0 Å². The van der Waals surface area contributed by atoms with Gasteiger partial charge in [-0.3, -0.25) is 0 Å². The summed E-state index contributed by atoms with van der Waals surface area (Å²) in [6.07, 6.45) is 0. The number of hydrogen-bond donors (Lipinski definition) is 0.